The van der Waals surface area contributed by atoms with Gasteiger partial charge in [0.15, 0.2) is 0 Å². The molecule has 0 atom stereocenters. The third-order valence-electron chi connectivity index (χ3n) is 7.76. The summed E-state index contributed by atoms with van der Waals surface area (Å²) in [4.78, 5) is 15.1. The Hall–Kier alpha value is -1.97. The Morgan fingerprint density at radius 3 is 2.06 bits per heavy atom. The number of likely N-dealkylation sites (tertiary alicyclic amines) is 1. The fourth-order valence-corrected chi connectivity index (χ4v) is 5.75. The van der Waals surface area contributed by atoms with Crippen molar-refractivity contribution in [1.82, 2.24) is 10.2 Å². The molecule has 0 unspecified atom stereocenters. The molecule has 1 saturated heterocycles. The summed E-state index contributed by atoms with van der Waals surface area (Å²) in [6.45, 7) is 3.96. The molecule has 2 aromatic carbocycles. The molecule has 1 N–H and O–H groups in total. The van der Waals surface area contributed by atoms with Gasteiger partial charge in [-0.3, -0.25) is 9.69 Å². The van der Waals surface area contributed by atoms with Crippen LogP contribution >= 0.6 is 0 Å². The number of carbonyl (C=O) groups is 1. The van der Waals surface area contributed by atoms with Crippen LogP contribution in [-0.2, 0) is 4.79 Å². The number of benzene rings is 2. The van der Waals surface area contributed by atoms with E-state index in [-0.39, 0.29) is 0 Å². The fourth-order valence-electron chi connectivity index (χ4n) is 5.75. The van der Waals surface area contributed by atoms with Crippen LogP contribution in [0.3, 0.4) is 0 Å². The molecule has 2 aliphatic rings. The maximum absolute atomic E-state index is 12.7. The van der Waals surface area contributed by atoms with Crippen molar-refractivity contribution < 1.29 is 4.79 Å². The van der Waals surface area contributed by atoms with Crippen molar-refractivity contribution in [2.24, 2.45) is 5.92 Å². The third kappa shape index (κ3) is 7.79. The molecule has 2 fully saturated rings. The molecule has 1 aliphatic carbocycles. The Labute approximate surface area is 201 Å². The number of rotatable bonds is 11. The summed E-state index contributed by atoms with van der Waals surface area (Å²) in [5.74, 6) is 1.67. The van der Waals surface area contributed by atoms with E-state index in [0.717, 1.165) is 31.8 Å². The Morgan fingerprint density at radius 2 is 1.45 bits per heavy atom. The van der Waals surface area contributed by atoms with E-state index in [4.69, 9.17) is 0 Å². The number of piperidine rings is 1. The van der Waals surface area contributed by atoms with E-state index in [9.17, 15) is 4.79 Å². The molecule has 0 radical (unpaired) electrons. The summed E-state index contributed by atoms with van der Waals surface area (Å²) in [5, 5.41) is 3.83. The minimum Gasteiger partial charge on any atom is -0.314 e. The number of nitrogens with zero attached hydrogens (tertiary/aromatic N) is 1. The summed E-state index contributed by atoms with van der Waals surface area (Å²) in [7, 11) is 0. The molecule has 33 heavy (non-hydrogen) atoms. The maximum Gasteiger partial charge on any atom is 0.146 e. The van der Waals surface area contributed by atoms with Gasteiger partial charge in [0.25, 0.3) is 0 Å². The molecule has 0 bridgehead atoms. The molecule has 3 heteroatoms. The van der Waals surface area contributed by atoms with Crippen molar-refractivity contribution in [1.29, 1.82) is 0 Å². The largest absolute Gasteiger partial charge is 0.314 e. The first kappa shape index (κ1) is 24.2. The molecule has 0 amide bonds. The van der Waals surface area contributed by atoms with Crippen molar-refractivity contribution in [2.45, 2.75) is 76.2 Å². The highest BCUT2D eigenvalue weighted by Gasteiger charge is 2.22. The number of Topliss-reactive ketones (excluding diaryl/α,β-unsaturated/α-hetero) is 1. The summed E-state index contributed by atoms with van der Waals surface area (Å²) >= 11 is 0. The van der Waals surface area contributed by atoms with Crippen LogP contribution in [0.15, 0.2) is 60.7 Å². The number of hydrogen-bond donors (Lipinski definition) is 1. The van der Waals surface area contributed by atoms with Gasteiger partial charge in [0.1, 0.15) is 5.78 Å². The third-order valence-corrected chi connectivity index (χ3v) is 7.76. The second-order valence-electron chi connectivity index (χ2n) is 10.3. The molecule has 2 aromatic rings. The summed E-state index contributed by atoms with van der Waals surface area (Å²) in [5.41, 5.74) is 2.69. The Morgan fingerprint density at radius 1 is 0.848 bits per heavy atom. The highest BCUT2D eigenvalue weighted by Crippen LogP contribution is 2.29. The maximum atomic E-state index is 12.7. The van der Waals surface area contributed by atoms with Gasteiger partial charge in [-0.15, -0.1) is 0 Å². The van der Waals surface area contributed by atoms with Gasteiger partial charge in [-0.05, 0) is 62.1 Å². The first-order valence-electron chi connectivity index (χ1n) is 13.4. The van der Waals surface area contributed by atoms with Crippen LogP contribution in [0.1, 0.15) is 81.3 Å². The Bertz CT molecular complexity index is 768. The molecule has 1 saturated carbocycles. The van der Waals surface area contributed by atoms with Crippen LogP contribution in [0.2, 0.25) is 0 Å². The summed E-state index contributed by atoms with van der Waals surface area (Å²) < 4.78 is 0. The number of hydrogen-bond acceptors (Lipinski definition) is 3. The molecule has 1 heterocycles. The quantitative estimate of drug-likeness (QED) is 0.446. The van der Waals surface area contributed by atoms with E-state index in [1.807, 2.05) is 0 Å². The monoisotopic (exact) mass is 446 g/mol. The van der Waals surface area contributed by atoms with Gasteiger partial charge < -0.3 is 5.32 Å². The lowest BCUT2D eigenvalue weighted by molar-refractivity contribution is -0.120. The van der Waals surface area contributed by atoms with E-state index in [2.05, 4.69) is 70.9 Å². The van der Waals surface area contributed by atoms with Crippen molar-refractivity contribution in [3.8, 4) is 0 Å². The second kappa shape index (κ2) is 13.1. The first-order valence-corrected chi connectivity index (χ1v) is 13.4. The van der Waals surface area contributed by atoms with Crippen molar-refractivity contribution in [3.63, 3.8) is 0 Å². The zero-order valence-corrected chi connectivity index (χ0v) is 20.3. The van der Waals surface area contributed by atoms with Crippen molar-refractivity contribution in [2.75, 3.05) is 26.2 Å². The highest BCUT2D eigenvalue weighted by atomic mass is 16.1. The van der Waals surface area contributed by atoms with Gasteiger partial charge in [-0.25, -0.2) is 0 Å². The number of nitrogens with one attached hydrogen (secondary N) is 1. The minimum absolute atomic E-state index is 0.367. The SMILES string of the molecule is O=C(CCCC(c1ccccc1)c1ccccc1)CN1CCC(NCC2CCCCC2)CC1. The zero-order valence-electron chi connectivity index (χ0n) is 20.3. The van der Waals surface area contributed by atoms with Gasteiger partial charge in [0.05, 0.1) is 6.54 Å². The second-order valence-corrected chi connectivity index (χ2v) is 10.3. The molecule has 3 nitrogen and oxygen atoms in total. The lowest BCUT2D eigenvalue weighted by Gasteiger charge is -2.33. The standard InChI is InChI=1S/C30H42N2O/c33-29(24-32-21-19-28(20-22-32)31-23-25-11-4-1-5-12-25)17-10-18-30(26-13-6-2-7-14-26)27-15-8-3-9-16-27/h2-3,6-9,13-16,25,28,30-31H,1,4-5,10-12,17-24H2. The number of ketones is 1. The molecule has 0 aromatic heterocycles. The molecular formula is C30H42N2O. The van der Waals surface area contributed by atoms with Gasteiger partial charge in [0, 0.05) is 31.5 Å². The van der Waals surface area contributed by atoms with Crippen molar-refractivity contribution >= 4 is 5.78 Å². The van der Waals surface area contributed by atoms with E-state index in [1.165, 1.54) is 62.6 Å². The van der Waals surface area contributed by atoms with Crippen LogP contribution in [0.4, 0.5) is 0 Å². The molecule has 1 aliphatic heterocycles. The molecule has 4 rings (SSSR count). The molecular weight excluding hydrogens is 404 g/mol. The van der Waals surface area contributed by atoms with E-state index in [0.29, 0.717) is 30.7 Å². The average molecular weight is 447 g/mol. The van der Waals surface area contributed by atoms with E-state index >= 15 is 0 Å². The van der Waals surface area contributed by atoms with Gasteiger partial charge in [-0.1, -0.05) is 79.9 Å². The van der Waals surface area contributed by atoms with E-state index < -0.39 is 0 Å². The lowest BCUT2D eigenvalue weighted by atomic mass is 9.87. The normalized spacial score (nSPS) is 18.6. The molecule has 0 spiro atoms. The predicted molar refractivity (Wildman–Crippen MR) is 138 cm³/mol. The predicted octanol–water partition coefficient (Wildman–Crippen LogP) is 6.19. The van der Waals surface area contributed by atoms with Crippen molar-refractivity contribution in [3.05, 3.63) is 71.8 Å². The van der Waals surface area contributed by atoms with Crippen LogP contribution < -0.4 is 5.32 Å². The fraction of sp³-hybridized carbons (Fsp3) is 0.567. The smallest absolute Gasteiger partial charge is 0.146 e. The van der Waals surface area contributed by atoms with Crippen LogP contribution in [0.5, 0.6) is 0 Å². The van der Waals surface area contributed by atoms with Crippen LogP contribution in [0, 0.1) is 5.92 Å². The molecule has 178 valence electrons. The zero-order chi connectivity index (χ0) is 22.7. The summed E-state index contributed by atoms with van der Waals surface area (Å²) in [6, 6.07) is 22.1. The first-order chi connectivity index (χ1) is 16.3. The Balaban J connectivity index is 1.16. The van der Waals surface area contributed by atoms with Crippen LogP contribution in [-0.4, -0.2) is 42.9 Å². The topological polar surface area (TPSA) is 32.3 Å². The average Bonchev–Trinajstić information content (AvgIpc) is 2.88. The lowest BCUT2D eigenvalue weighted by Crippen LogP contribution is -2.45. The minimum atomic E-state index is 0.367. The van der Waals surface area contributed by atoms with E-state index in [1.54, 1.807) is 0 Å². The van der Waals surface area contributed by atoms with Gasteiger partial charge in [-0.2, -0.15) is 0 Å². The summed E-state index contributed by atoms with van der Waals surface area (Å²) in [6.07, 6.45) is 12.1. The number of carbonyl (C=O) groups excluding carboxylic acids is 1. The highest BCUT2D eigenvalue weighted by molar-refractivity contribution is 5.80. The Kier molecular flexibility index (Phi) is 9.56. The van der Waals surface area contributed by atoms with Crippen LogP contribution in [0.25, 0.3) is 0 Å². The van der Waals surface area contributed by atoms with Gasteiger partial charge >= 0.3 is 0 Å². The van der Waals surface area contributed by atoms with Gasteiger partial charge in [0.2, 0.25) is 0 Å².